The molecule has 0 spiro atoms. The highest BCUT2D eigenvalue weighted by Crippen LogP contribution is 2.42. The predicted octanol–water partition coefficient (Wildman–Crippen LogP) is 3.05. The smallest absolute Gasteiger partial charge is 0.143 e. The maximum absolute atomic E-state index is 13.2. The molecule has 1 fully saturated rings. The standard InChI is InChI=1S/C12H15ClFNO/c1-12(2)10(6-11(12)16)15-7-3-4-8(13)9(14)5-7/h3-5,10-11,15-16H,6H2,1-2H3. The highest BCUT2D eigenvalue weighted by Gasteiger charge is 2.47. The Hall–Kier alpha value is -0.800. The highest BCUT2D eigenvalue weighted by molar-refractivity contribution is 6.30. The molecule has 88 valence electrons. The molecule has 1 aliphatic carbocycles. The summed E-state index contributed by atoms with van der Waals surface area (Å²) in [6.07, 6.45) is 0.402. The molecule has 2 N–H and O–H groups in total. The SMILES string of the molecule is CC1(C)C(O)CC1Nc1ccc(Cl)c(F)c1. The van der Waals surface area contributed by atoms with E-state index in [1.165, 1.54) is 12.1 Å². The number of benzene rings is 1. The molecule has 2 rings (SSSR count). The maximum Gasteiger partial charge on any atom is 0.143 e. The minimum absolute atomic E-state index is 0.124. The van der Waals surface area contributed by atoms with Crippen LogP contribution in [0.4, 0.5) is 10.1 Å². The fourth-order valence-corrected chi connectivity index (χ4v) is 2.05. The van der Waals surface area contributed by atoms with Crippen LogP contribution in [-0.2, 0) is 0 Å². The summed E-state index contributed by atoms with van der Waals surface area (Å²) in [6, 6.07) is 4.82. The van der Waals surface area contributed by atoms with Gasteiger partial charge in [-0.05, 0) is 24.6 Å². The lowest BCUT2D eigenvalue weighted by atomic mass is 9.64. The molecule has 1 aromatic rings. The van der Waals surface area contributed by atoms with Crippen molar-refractivity contribution in [3.8, 4) is 0 Å². The van der Waals surface area contributed by atoms with E-state index in [0.29, 0.717) is 12.1 Å². The molecule has 4 heteroatoms. The van der Waals surface area contributed by atoms with Crippen LogP contribution in [0, 0.1) is 11.2 Å². The predicted molar refractivity (Wildman–Crippen MR) is 63.2 cm³/mol. The van der Waals surface area contributed by atoms with Crippen LogP contribution in [0.25, 0.3) is 0 Å². The van der Waals surface area contributed by atoms with Gasteiger partial charge in [-0.15, -0.1) is 0 Å². The van der Waals surface area contributed by atoms with Crippen molar-refractivity contribution in [3.63, 3.8) is 0 Å². The molecule has 0 bridgehead atoms. The lowest BCUT2D eigenvalue weighted by Crippen LogP contribution is -2.56. The third kappa shape index (κ3) is 1.89. The largest absolute Gasteiger partial charge is 0.392 e. The third-order valence-corrected chi connectivity index (χ3v) is 3.78. The van der Waals surface area contributed by atoms with Gasteiger partial charge in [0.15, 0.2) is 0 Å². The summed E-state index contributed by atoms with van der Waals surface area (Å²) in [7, 11) is 0. The van der Waals surface area contributed by atoms with Gasteiger partial charge in [0, 0.05) is 17.1 Å². The molecule has 0 heterocycles. The summed E-state index contributed by atoms with van der Waals surface area (Å²) >= 11 is 5.60. The van der Waals surface area contributed by atoms with E-state index in [9.17, 15) is 9.50 Å². The van der Waals surface area contributed by atoms with Gasteiger partial charge in [-0.1, -0.05) is 25.4 Å². The van der Waals surface area contributed by atoms with E-state index < -0.39 is 5.82 Å². The van der Waals surface area contributed by atoms with Crippen molar-refractivity contribution in [2.24, 2.45) is 5.41 Å². The molecule has 0 aliphatic heterocycles. The summed E-state index contributed by atoms with van der Waals surface area (Å²) < 4.78 is 13.2. The van der Waals surface area contributed by atoms with Crippen LogP contribution in [0.2, 0.25) is 5.02 Å². The molecule has 1 saturated carbocycles. The van der Waals surface area contributed by atoms with E-state index in [1.54, 1.807) is 6.07 Å². The monoisotopic (exact) mass is 243 g/mol. The van der Waals surface area contributed by atoms with Crippen LogP contribution in [-0.4, -0.2) is 17.3 Å². The first-order chi connectivity index (χ1) is 7.41. The first-order valence-electron chi connectivity index (χ1n) is 5.31. The molecular formula is C12H15ClFNO. The van der Waals surface area contributed by atoms with E-state index in [-0.39, 0.29) is 22.6 Å². The zero-order valence-electron chi connectivity index (χ0n) is 9.30. The Balaban J connectivity index is 2.08. The minimum Gasteiger partial charge on any atom is -0.392 e. The van der Waals surface area contributed by atoms with Gasteiger partial charge in [0.05, 0.1) is 11.1 Å². The first kappa shape index (κ1) is 11.7. The van der Waals surface area contributed by atoms with Crippen LogP contribution in [0.1, 0.15) is 20.3 Å². The summed E-state index contributed by atoms with van der Waals surface area (Å²) in [5, 5.41) is 12.9. The summed E-state index contributed by atoms with van der Waals surface area (Å²) in [6.45, 7) is 3.98. The normalized spacial score (nSPS) is 27.3. The number of rotatable bonds is 2. The first-order valence-corrected chi connectivity index (χ1v) is 5.68. The van der Waals surface area contributed by atoms with Crippen molar-refractivity contribution in [2.75, 3.05) is 5.32 Å². The summed E-state index contributed by atoms with van der Waals surface area (Å²) in [4.78, 5) is 0. The van der Waals surface area contributed by atoms with Crippen LogP contribution in [0.5, 0.6) is 0 Å². The lowest BCUT2D eigenvalue weighted by Gasteiger charge is -2.49. The fraction of sp³-hybridized carbons (Fsp3) is 0.500. The Bertz CT molecular complexity index is 408. The van der Waals surface area contributed by atoms with Crippen LogP contribution in [0.3, 0.4) is 0 Å². The van der Waals surface area contributed by atoms with Gasteiger partial charge in [0.25, 0.3) is 0 Å². The summed E-state index contributed by atoms with van der Waals surface area (Å²) in [5.41, 5.74) is 0.530. The van der Waals surface area contributed by atoms with Crippen molar-refractivity contribution < 1.29 is 9.50 Å². The van der Waals surface area contributed by atoms with Gasteiger partial charge >= 0.3 is 0 Å². The molecule has 0 aromatic heterocycles. The van der Waals surface area contributed by atoms with Crippen molar-refractivity contribution >= 4 is 17.3 Å². The molecule has 2 unspecified atom stereocenters. The van der Waals surface area contributed by atoms with Crippen molar-refractivity contribution in [1.29, 1.82) is 0 Å². The number of aliphatic hydroxyl groups excluding tert-OH is 1. The Morgan fingerprint density at radius 3 is 2.69 bits per heavy atom. The number of aliphatic hydroxyl groups is 1. The zero-order chi connectivity index (χ0) is 11.9. The Morgan fingerprint density at radius 1 is 1.50 bits per heavy atom. The molecule has 2 nitrogen and oxygen atoms in total. The van der Waals surface area contributed by atoms with Gasteiger partial charge in [-0.25, -0.2) is 4.39 Å². The second-order valence-electron chi connectivity index (χ2n) is 4.90. The second kappa shape index (κ2) is 3.90. The second-order valence-corrected chi connectivity index (χ2v) is 5.31. The Morgan fingerprint density at radius 2 is 2.19 bits per heavy atom. The topological polar surface area (TPSA) is 32.3 Å². The van der Waals surface area contributed by atoms with E-state index in [2.05, 4.69) is 5.32 Å². The maximum atomic E-state index is 13.2. The van der Waals surface area contributed by atoms with Crippen LogP contribution >= 0.6 is 11.6 Å². The average molecular weight is 244 g/mol. The van der Waals surface area contributed by atoms with E-state index in [4.69, 9.17) is 11.6 Å². The molecule has 16 heavy (non-hydrogen) atoms. The van der Waals surface area contributed by atoms with Crippen molar-refractivity contribution in [2.45, 2.75) is 32.4 Å². The number of hydrogen-bond donors (Lipinski definition) is 2. The van der Waals surface area contributed by atoms with Crippen molar-refractivity contribution in [3.05, 3.63) is 29.0 Å². The third-order valence-electron chi connectivity index (χ3n) is 3.48. The number of hydrogen-bond acceptors (Lipinski definition) is 2. The van der Waals surface area contributed by atoms with Crippen LogP contribution < -0.4 is 5.32 Å². The number of nitrogens with one attached hydrogen (secondary N) is 1. The molecule has 0 amide bonds. The van der Waals surface area contributed by atoms with Crippen LogP contribution in [0.15, 0.2) is 18.2 Å². The quantitative estimate of drug-likeness (QED) is 0.837. The molecular weight excluding hydrogens is 229 g/mol. The van der Waals surface area contributed by atoms with Crippen molar-refractivity contribution in [1.82, 2.24) is 0 Å². The van der Waals surface area contributed by atoms with Gasteiger partial charge in [-0.2, -0.15) is 0 Å². The molecule has 1 aromatic carbocycles. The average Bonchev–Trinajstić information content (AvgIpc) is 2.23. The number of anilines is 1. The van der Waals surface area contributed by atoms with Gasteiger partial charge in [-0.3, -0.25) is 0 Å². The fourth-order valence-electron chi connectivity index (χ4n) is 1.93. The molecule has 1 aliphatic rings. The van der Waals surface area contributed by atoms with E-state index in [0.717, 1.165) is 0 Å². The summed E-state index contributed by atoms with van der Waals surface area (Å²) in [5.74, 6) is -0.427. The van der Waals surface area contributed by atoms with E-state index >= 15 is 0 Å². The lowest BCUT2D eigenvalue weighted by molar-refractivity contribution is -0.0510. The molecule has 0 radical (unpaired) electrons. The minimum atomic E-state index is -0.427. The van der Waals surface area contributed by atoms with Gasteiger partial charge in [0.2, 0.25) is 0 Å². The zero-order valence-corrected chi connectivity index (χ0v) is 10.1. The molecule has 0 saturated heterocycles. The van der Waals surface area contributed by atoms with Gasteiger partial charge < -0.3 is 10.4 Å². The Kier molecular flexibility index (Phi) is 2.84. The molecule has 2 atom stereocenters. The van der Waals surface area contributed by atoms with E-state index in [1.807, 2.05) is 13.8 Å². The highest BCUT2D eigenvalue weighted by atomic mass is 35.5. The Labute approximate surface area is 99.4 Å². The van der Waals surface area contributed by atoms with Gasteiger partial charge in [0.1, 0.15) is 5.82 Å². The number of halogens is 2.